The van der Waals surface area contributed by atoms with Crippen molar-refractivity contribution in [1.82, 2.24) is 24.7 Å². The number of benzene rings is 3. The number of nitrogens with zero attached hydrogens (tertiary/aromatic N) is 5. The summed E-state index contributed by atoms with van der Waals surface area (Å²) in [7, 11) is 1.90. The number of fused-ring (bicyclic) bond motifs is 2. The van der Waals surface area contributed by atoms with E-state index in [9.17, 15) is 4.79 Å². The van der Waals surface area contributed by atoms with E-state index in [0.717, 1.165) is 64.9 Å². The van der Waals surface area contributed by atoms with E-state index in [1.807, 2.05) is 80.7 Å². The minimum absolute atomic E-state index is 0.0150. The van der Waals surface area contributed by atoms with Crippen molar-refractivity contribution in [3.05, 3.63) is 105 Å². The van der Waals surface area contributed by atoms with Gasteiger partial charge in [-0.15, -0.1) is 0 Å². The average Bonchev–Trinajstić information content (AvgIpc) is 3.65. The van der Waals surface area contributed by atoms with E-state index in [0.29, 0.717) is 18.3 Å². The van der Waals surface area contributed by atoms with Crippen LogP contribution in [0, 0.1) is 17.4 Å². The highest BCUT2D eigenvalue weighted by atomic mass is 127. The summed E-state index contributed by atoms with van der Waals surface area (Å²) in [6.07, 6.45) is 3.78. The van der Waals surface area contributed by atoms with Crippen molar-refractivity contribution in [2.75, 3.05) is 10.2 Å². The van der Waals surface area contributed by atoms with Crippen molar-refractivity contribution < 1.29 is 4.79 Å². The van der Waals surface area contributed by atoms with Gasteiger partial charge in [0, 0.05) is 45.7 Å². The number of para-hydroxylation sites is 1. The number of aromatic amines is 1. The number of aryl methyl sites for hydroxylation is 3. The topological polar surface area (TPSA) is 91.7 Å². The third-order valence-electron chi connectivity index (χ3n) is 7.69. The summed E-state index contributed by atoms with van der Waals surface area (Å²) in [4.78, 5) is 28.6. The highest BCUT2D eigenvalue weighted by Crippen LogP contribution is 2.41. The van der Waals surface area contributed by atoms with Gasteiger partial charge in [0.1, 0.15) is 0 Å². The Labute approximate surface area is 250 Å². The highest BCUT2D eigenvalue weighted by Gasteiger charge is 2.34. The number of rotatable bonds is 5. The summed E-state index contributed by atoms with van der Waals surface area (Å²) in [6, 6.07) is 22.4. The maximum atomic E-state index is 13.9. The number of nitrogens with one attached hydrogen (secondary N) is 2. The molecule has 6 aromatic rings. The minimum atomic E-state index is 0.0150. The van der Waals surface area contributed by atoms with Gasteiger partial charge in [-0.2, -0.15) is 5.10 Å². The lowest BCUT2D eigenvalue weighted by atomic mass is 9.97. The number of aromatic nitrogens is 5. The number of amides is 1. The Morgan fingerprint density at radius 2 is 1.83 bits per heavy atom. The number of carbonyl (C=O) groups excluding carboxylic acids is 1. The summed E-state index contributed by atoms with van der Waals surface area (Å²) in [6.45, 7) is 4.50. The maximum Gasteiger partial charge on any atom is 0.260 e. The van der Waals surface area contributed by atoms with Crippen LogP contribution in [0.15, 0.2) is 79.1 Å². The summed E-state index contributed by atoms with van der Waals surface area (Å²) >= 11 is 2.27. The first-order chi connectivity index (χ1) is 19.9. The molecule has 8 nitrogen and oxygen atoms in total. The monoisotopic (exact) mass is 651 g/mol. The number of hydrogen-bond donors (Lipinski definition) is 2. The van der Waals surface area contributed by atoms with Gasteiger partial charge in [0.2, 0.25) is 5.95 Å². The molecule has 0 atom stereocenters. The minimum Gasteiger partial charge on any atom is -0.359 e. The molecule has 0 saturated carbocycles. The molecule has 3 aromatic carbocycles. The molecule has 0 spiro atoms. The fraction of sp³-hybridized carbons (Fsp3) is 0.125. The molecular weight excluding hydrogens is 625 g/mol. The second-order valence-electron chi connectivity index (χ2n) is 10.3. The third kappa shape index (κ3) is 4.28. The molecule has 1 aliphatic heterocycles. The Morgan fingerprint density at radius 3 is 2.61 bits per heavy atom. The lowest BCUT2D eigenvalue weighted by molar-refractivity contribution is 0.0996. The first kappa shape index (κ1) is 25.5. The Balaban J connectivity index is 1.28. The normalized spacial score (nSPS) is 12.8. The average molecular weight is 652 g/mol. The van der Waals surface area contributed by atoms with Crippen LogP contribution in [0.5, 0.6) is 0 Å². The van der Waals surface area contributed by atoms with Gasteiger partial charge in [0.25, 0.3) is 5.91 Å². The Hall–Kier alpha value is -4.51. The SMILES string of the molecule is Cc1cnc(Nc2cc(C)n(C)n2)nc1-c1c[nH]c2c(N3Cc4c(-c5ccccc5)ccc(I)c4C3=O)cccc12. The second-order valence-corrected chi connectivity index (χ2v) is 11.4. The first-order valence-electron chi connectivity index (χ1n) is 13.3. The van der Waals surface area contributed by atoms with Gasteiger partial charge in [-0.1, -0.05) is 48.5 Å². The second kappa shape index (κ2) is 9.84. The molecule has 2 N–H and O–H groups in total. The van der Waals surface area contributed by atoms with E-state index in [1.165, 1.54) is 0 Å². The molecule has 41 heavy (non-hydrogen) atoms. The van der Waals surface area contributed by atoms with E-state index in [-0.39, 0.29) is 5.91 Å². The van der Waals surface area contributed by atoms with Crippen molar-refractivity contribution in [3.8, 4) is 22.4 Å². The zero-order valence-electron chi connectivity index (χ0n) is 22.7. The van der Waals surface area contributed by atoms with Crippen LogP contribution in [0.4, 0.5) is 17.5 Å². The number of halogens is 1. The molecule has 0 saturated heterocycles. The molecule has 3 aromatic heterocycles. The molecule has 1 amide bonds. The van der Waals surface area contributed by atoms with Crippen LogP contribution < -0.4 is 10.2 Å². The predicted octanol–water partition coefficient (Wildman–Crippen LogP) is 7.15. The van der Waals surface area contributed by atoms with Crippen molar-refractivity contribution in [2.45, 2.75) is 20.4 Å². The van der Waals surface area contributed by atoms with Crippen molar-refractivity contribution in [3.63, 3.8) is 0 Å². The summed E-state index contributed by atoms with van der Waals surface area (Å²) in [5.41, 5.74) is 9.54. The number of carbonyl (C=O) groups is 1. The maximum absolute atomic E-state index is 13.9. The lowest BCUT2D eigenvalue weighted by Gasteiger charge is -2.17. The Morgan fingerprint density at radius 1 is 1.00 bits per heavy atom. The van der Waals surface area contributed by atoms with Gasteiger partial charge in [-0.25, -0.2) is 9.97 Å². The number of H-pyrrole nitrogens is 1. The van der Waals surface area contributed by atoms with E-state index < -0.39 is 0 Å². The van der Waals surface area contributed by atoms with Crippen LogP contribution in [0.1, 0.15) is 27.2 Å². The fourth-order valence-corrected chi connectivity index (χ4v) is 6.27. The van der Waals surface area contributed by atoms with Crippen LogP contribution in [-0.2, 0) is 13.6 Å². The van der Waals surface area contributed by atoms with Gasteiger partial charge < -0.3 is 15.2 Å². The van der Waals surface area contributed by atoms with E-state index in [1.54, 1.807) is 4.68 Å². The molecule has 1 aliphatic rings. The van der Waals surface area contributed by atoms with Crippen LogP contribution in [0.25, 0.3) is 33.3 Å². The highest BCUT2D eigenvalue weighted by molar-refractivity contribution is 14.1. The van der Waals surface area contributed by atoms with Crippen LogP contribution in [0.3, 0.4) is 0 Å². The van der Waals surface area contributed by atoms with Gasteiger partial charge >= 0.3 is 0 Å². The van der Waals surface area contributed by atoms with E-state index >= 15 is 0 Å². The lowest BCUT2D eigenvalue weighted by Crippen LogP contribution is -2.23. The standard InChI is InChI=1S/C32H26IN7O/c1-18-15-35-32(36-27-14-19(2)39(3)38-27)37-29(18)23-16-34-30-22(23)10-7-11-26(30)40-17-24-21(20-8-5-4-6-9-20)12-13-25(33)28(24)31(40)41/h4-16,34H,17H2,1-3H3,(H,35,36,37,38). The zero-order chi connectivity index (χ0) is 28.2. The number of anilines is 3. The van der Waals surface area contributed by atoms with Gasteiger partial charge in [-0.3, -0.25) is 9.48 Å². The summed E-state index contributed by atoms with van der Waals surface area (Å²) < 4.78 is 2.77. The molecule has 9 heteroatoms. The van der Waals surface area contributed by atoms with E-state index in [4.69, 9.17) is 4.98 Å². The van der Waals surface area contributed by atoms with Crippen molar-refractivity contribution in [1.29, 1.82) is 0 Å². The smallest absolute Gasteiger partial charge is 0.260 e. The quantitative estimate of drug-likeness (QED) is 0.193. The molecule has 202 valence electrons. The largest absolute Gasteiger partial charge is 0.359 e. The molecule has 4 heterocycles. The molecule has 0 bridgehead atoms. The Kier molecular flexibility index (Phi) is 6.11. The van der Waals surface area contributed by atoms with Crippen molar-refractivity contribution >= 4 is 56.9 Å². The summed E-state index contributed by atoms with van der Waals surface area (Å²) in [5.74, 6) is 1.18. The van der Waals surface area contributed by atoms with Crippen LogP contribution >= 0.6 is 22.6 Å². The molecule has 7 rings (SSSR count). The van der Waals surface area contributed by atoms with Crippen LogP contribution in [0.2, 0.25) is 0 Å². The van der Waals surface area contributed by atoms with Gasteiger partial charge in [0.15, 0.2) is 5.82 Å². The Bertz CT molecular complexity index is 1960. The van der Waals surface area contributed by atoms with Crippen LogP contribution in [-0.4, -0.2) is 30.6 Å². The predicted molar refractivity (Wildman–Crippen MR) is 170 cm³/mol. The van der Waals surface area contributed by atoms with Gasteiger partial charge in [0.05, 0.1) is 29.0 Å². The molecular formula is C32H26IN7O. The molecule has 0 fully saturated rings. The van der Waals surface area contributed by atoms with Crippen molar-refractivity contribution in [2.24, 2.45) is 7.05 Å². The molecule has 0 aliphatic carbocycles. The van der Waals surface area contributed by atoms with Gasteiger partial charge in [-0.05, 0) is 70.8 Å². The fourth-order valence-electron chi connectivity index (χ4n) is 5.53. The third-order valence-corrected chi connectivity index (χ3v) is 8.59. The number of hydrogen-bond acceptors (Lipinski definition) is 5. The van der Waals surface area contributed by atoms with E-state index in [2.05, 4.69) is 67.2 Å². The first-order valence-corrected chi connectivity index (χ1v) is 14.4. The summed E-state index contributed by atoms with van der Waals surface area (Å²) in [5, 5.41) is 8.68. The molecule has 0 radical (unpaired) electrons. The molecule has 0 unspecified atom stereocenters. The zero-order valence-corrected chi connectivity index (χ0v) is 24.9.